The molecule has 1 aromatic carbocycles. The van der Waals surface area contributed by atoms with E-state index in [0.29, 0.717) is 11.8 Å². The zero-order valence-electron chi connectivity index (χ0n) is 15.2. The topological polar surface area (TPSA) is 47.9 Å². The molecule has 0 fully saturated rings. The number of para-hydroxylation sites is 1. The Labute approximate surface area is 163 Å². The van der Waals surface area contributed by atoms with Gasteiger partial charge in [-0.05, 0) is 49.7 Å². The Bertz CT molecular complexity index is 519. The van der Waals surface area contributed by atoms with Crippen LogP contribution in [-0.4, -0.2) is 37.3 Å². The molecule has 0 saturated heterocycles. The minimum atomic E-state index is 0. The Morgan fingerprint density at radius 3 is 2.75 bits per heavy atom. The van der Waals surface area contributed by atoms with Gasteiger partial charge in [0.2, 0.25) is 0 Å². The summed E-state index contributed by atoms with van der Waals surface area (Å²) in [5, 5.41) is 12.7. The maximum Gasteiger partial charge on any atom is 0.198 e. The smallest absolute Gasteiger partial charge is 0.198 e. The molecule has 1 unspecified atom stereocenters. The van der Waals surface area contributed by atoms with Crippen molar-refractivity contribution >= 4 is 35.6 Å². The van der Waals surface area contributed by atoms with Crippen molar-refractivity contribution in [2.24, 2.45) is 16.8 Å². The lowest BCUT2D eigenvalue weighted by Gasteiger charge is -2.23. The van der Waals surface area contributed by atoms with Gasteiger partial charge in [-0.2, -0.15) is 0 Å². The number of hydrogen-bond donors (Lipinski definition) is 2. The van der Waals surface area contributed by atoms with Crippen LogP contribution in [0, 0.1) is 11.8 Å². The van der Waals surface area contributed by atoms with Crippen molar-refractivity contribution < 1.29 is 5.11 Å². The minimum Gasteiger partial charge on any atom is -0.396 e. The van der Waals surface area contributed by atoms with Crippen LogP contribution in [0.2, 0.25) is 0 Å². The number of halogens is 1. The molecule has 0 aliphatic carbocycles. The summed E-state index contributed by atoms with van der Waals surface area (Å²) in [6, 6.07) is 8.57. The summed E-state index contributed by atoms with van der Waals surface area (Å²) in [6.07, 6.45) is 3.02. The number of nitrogens with one attached hydrogen (secondary N) is 1. The van der Waals surface area contributed by atoms with Crippen LogP contribution in [0.5, 0.6) is 0 Å². The fourth-order valence-corrected chi connectivity index (χ4v) is 3.30. The summed E-state index contributed by atoms with van der Waals surface area (Å²) in [7, 11) is 0. The fraction of sp³-hybridized carbons (Fsp3) is 0.632. The zero-order chi connectivity index (χ0) is 16.7. The van der Waals surface area contributed by atoms with Gasteiger partial charge in [0.1, 0.15) is 0 Å². The van der Waals surface area contributed by atoms with Crippen LogP contribution in [-0.2, 0) is 6.42 Å². The van der Waals surface area contributed by atoms with Gasteiger partial charge in [-0.3, -0.25) is 4.99 Å². The monoisotopic (exact) mass is 445 g/mol. The van der Waals surface area contributed by atoms with Crippen molar-refractivity contribution in [1.82, 2.24) is 5.32 Å². The van der Waals surface area contributed by atoms with Gasteiger partial charge >= 0.3 is 0 Å². The highest BCUT2D eigenvalue weighted by molar-refractivity contribution is 14.0. The third-order valence-corrected chi connectivity index (χ3v) is 4.32. The quantitative estimate of drug-likeness (QED) is 0.383. The van der Waals surface area contributed by atoms with Crippen molar-refractivity contribution in [3.8, 4) is 0 Å². The highest BCUT2D eigenvalue weighted by Gasteiger charge is 2.22. The van der Waals surface area contributed by atoms with E-state index >= 15 is 0 Å². The largest absolute Gasteiger partial charge is 0.396 e. The number of aliphatic imine (C=N–C) groups is 1. The number of aliphatic hydroxyl groups is 1. The number of aliphatic hydroxyl groups excluding tert-OH is 1. The molecule has 24 heavy (non-hydrogen) atoms. The van der Waals surface area contributed by atoms with Crippen LogP contribution < -0.4 is 10.2 Å². The van der Waals surface area contributed by atoms with Crippen molar-refractivity contribution in [2.45, 2.75) is 40.0 Å². The van der Waals surface area contributed by atoms with E-state index in [4.69, 9.17) is 4.99 Å². The van der Waals surface area contributed by atoms with E-state index in [-0.39, 0.29) is 30.6 Å². The van der Waals surface area contributed by atoms with Crippen LogP contribution in [0.25, 0.3) is 0 Å². The highest BCUT2D eigenvalue weighted by atomic mass is 127. The maximum atomic E-state index is 9.29. The number of hydrogen-bond acceptors (Lipinski definition) is 2. The average Bonchev–Trinajstić information content (AvgIpc) is 2.95. The summed E-state index contributed by atoms with van der Waals surface area (Å²) < 4.78 is 0. The molecular formula is C19H32IN3O. The van der Waals surface area contributed by atoms with Crippen LogP contribution >= 0.6 is 24.0 Å². The fourth-order valence-electron chi connectivity index (χ4n) is 3.30. The molecule has 136 valence electrons. The van der Waals surface area contributed by atoms with Crippen molar-refractivity contribution in [3.05, 3.63) is 29.8 Å². The van der Waals surface area contributed by atoms with Gasteiger partial charge in [0.15, 0.2) is 5.96 Å². The van der Waals surface area contributed by atoms with Crippen molar-refractivity contribution in [3.63, 3.8) is 0 Å². The molecule has 2 rings (SSSR count). The summed E-state index contributed by atoms with van der Waals surface area (Å²) in [4.78, 5) is 7.18. The van der Waals surface area contributed by atoms with Gasteiger partial charge in [-0.15, -0.1) is 24.0 Å². The Balaban J connectivity index is 0.00000288. The molecule has 0 aromatic heterocycles. The molecule has 2 N–H and O–H groups in total. The average molecular weight is 445 g/mol. The Morgan fingerprint density at radius 1 is 1.33 bits per heavy atom. The molecule has 0 radical (unpaired) electrons. The number of rotatable bonds is 7. The predicted molar refractivity (Wildman–Crippen MR) is 114 cm³/mol. The van der Waals surface area contributed by atoms with Crippen molar-refractivity contribution in [1.29, 1.82) is 0 Å². The third-order valence-electron chi connectivity index (χ3n) is 4.32. The van der Waals surface area contributed by atoms with Crippen LogP contribution in [0.3, 0.4) is 0 Å². The second-order valence-corrected chi connectivity index (χ2v) is 6.73. The zero-order valence-corrected chi connectivity index (χ0v) is 17.5. The summed E-state index contributed by atoms with van der Waals surface area (Å²) in [5.41, 5.74) is 2.67. The molecule has 1 aliphatic heterocycles. The summed E-state index contributed by atoms with van der Waals surface area (Å²) >= 11 is 0. The van der Waals surface area contributed by atoms with E-state index in [1.54, 1.807) is 0 Å². The first kappa shape index (κ1) is 21.2. The lowest BCUT2D eigenvalue weighted by molar-refractivity contribution is 0.246. The normalized spacial score (nSPS) is 15.2. The first-order valence-electron chi connectivity index (χ1n) is 8.90. The lowest BCUT2D eigenvalue weighted by atomic mass is 9.94. The second kappa shape index (κ2) is 10.9. The third kappa shape index (κ3) is 5.92. The highest BCUT2D eigenvalue weighted by Crippen LogP contribution is 2.27. The number of guanidine groups is 1. The Kier molecular flexibility index (Phi) is 9.66. The molecule has 0 bridgehead atoms. The van der Waals surface area contributed by atoms with Gasteiger partial charge in [0, 0.05) is 31.9 Å². The molecule has 4 nitrogen and oxygen atoms in total. The van der Waals surface area contributed by atoms with E-state index in [1.165, 1.54) is 11.3 Å². The second-order valence-electron chi connectivity index (χ2n) is 6.73. The van der Waals surface area contributed by atoms with E-state index < -0.39 is 0 Å². The molecule has 1 aliphatic rings. The molecule has 5 heteroatoms. The first-order valence-corrected chi connectivity index (χ1v) is 8.90. The van der Waals surface area contributed by atoms with E-state index in [2.05, 4.69) is 55.3 Å². The van der Waals surface area contributed by atoms with Crippen molar-refractivity contribution in [2.75, 3.05) is 31.1 Å². The minimum absolute atomic E-state index is 0. The van der Waals surface area contributed by atoms with Crippen LogP contribution in [0.4, 0.5) is 5.69 Å². The SMILES string of the molecule is CCNC(=NCC(CCO)CC(C)C)N1CCc2ccccc21.I. The van der Waals surface area contributed by atoms with Gasteiger partial charge in [0.25, 0.3) is 0 Å². The molecule has 1 atom stereocenters. The van der Waals surface area contributed by atoms with E-state index in [9.17, 15) is 5.11 Å². The van der Waals surface area contributed by atoms with Gasteiger partial charge in [0.05, 0.1) is 0 Å². The van der Waals surface area contributed by atoms with Gasteiger partial charge < -0.3 is 15.3 Å². The number of nitrogens with zero attached hydrogens (tertiary/aromatic N) is 2. The molecular weight excluding hydrogens is 413 g/mol. The molecule has 1 heterocycles. The van der Waals surface area contributed by atoms with Gasteiger partial charge in [-0.25, -0.2) is 0 Å². The molecule has 0 amide bonds. The summed E-state index contributed by atoms with van der Waals surface area (Å²) in [6.45, 7) is 9.45. The molecule has 1 aromatic rings. The summed E-state index contributed by atoms with van der Waals surface area (Å²) in [5.74, 6) is 2.06. The molecule has 0 spiro atoms. The van der Waals surface area contributed by atoms with Crippen LogP contribution in [0.1, 0.15) is 39.2 Å². The molecule has 0 saturated carbocycles. The van der Waals surface area contributed by atoms with E-state index in [0.717, 1.165) is 44.9 Å². The van der Waals surface area contributed by atoms with E-state index in [1.807, 2.05) is 0 Å². The lowest BCUT2D eigenvalue weighted by Crippen LogP contribution is -2.41. The van der Waals surface area contributed by atoms with Gasteiger partial charge in [-0.1, -0.05) is 32.0 Å². The Morgan fingerprint density at radius 2 is 2.08 bits per heavy atom. The maximum absolute atomic E-state index is 9.29. The first-order chi connectivity index (χ1) is 11.2. The standard InChI is InChI=1S/C19H31N3O.HI/c1-4-20-19(21-14-16(10-12-23)13-15(2)3)22-11-9-17-7-5-6-8-18(17)22;/h5-8,15-16,23H,4,9-14H2,1-3H3,(H,20,21);1H. The predicted octanol–water partition coefficient (Wildman–Crippen LogP) is 3.68. The number of fused-ring (bicyclic) bond motifs is 1. The Hall–Kier alpha value is -0.820. The number of anilines is 1. The number of benzene rings is 1. The van der Waals surface area contributed by atoms with Crippen LogP contribution in [0.15, 0.2) is 29.3 Å².